The molecular weight excluding hydrogens is 358 g/mol. The highest BCUT2D eigenvalue weighted by Gasteiger charge is 2.16. The third kappa shape index (κ3) is 7.42. The summed E-state index contributed by atoms with van der Waals surface area (Å²) in [5.74, 6) is 0.217. The standard InChI is InChI=1S/C21H29N3O4/c1-3-18-6-8-19(9-7-18)28-16-20(25)24(14-10-21(26)27-4-2)13-5-12-23-15-11-22-17-23/h6-9,11,15,17H,3-5,10,12-14,16H2,1-2H3. The average molecular weight is 387 g/mol. The molecule has 0 spiro atoms. The molecule has 0 unspecified atom stereocenters. The Labute approximate surface area is 166 Å². The van der Waals surface area contributed by atoms with Gasteiger partial charge < -0.3 is 18.9 Å². The number of imidazole rings is 1. The van der Waals surface area contributed by atoms with Gasteiger partial charge in [0.25, 0.3) is 5.91 Å². The lowest BCUT2D eigenvalue weighted by molar-refractivity contribution is -0.144. The van der Waals surface area contributed by atoms with Gasteiger partial charge in [0, 0.05) is 32.0 Å². The van der Waals surface area contributed by atoms with Crippen LogP contribution in [0, 0.1) is 0 Å². The van der Waals surface area contributed by atoms with Crippen LogP contribution >= 0.6 is 0 Å². The Morgan fingerprint density at radius 3 is 2.57 bits per heavy atom. The molecular formula is C21H29N3O4. The second-order valence-corrected chi connectivity index (χ2v) is 6.38. The number of hydrogen-bond donors (Lipinski definition) is 0. The molecule has 0 bridgehead atoms. The number of aryl methyl sites for hydroxylation is 2. The molecule has 28 heavy (non-hydrogen) atoms. The molecule has 0 saturated heterocycles. The summed E-state index contributed by atoms with van der Waals surface area (Å²) in [5.41, 5.74) is 1.22. The van der Waals surface area contributed by atoms with Crippen LogP contribution in [-0.4, -0.2) is 52.6 Å². The summed E-state index contributed by atoms with van der Waals surface area (Å²) in [6, 6.07) is 7.72. The van der Waals surface area contributed by atoms with Gasteiger partial charge >= 0.3 is 5.97 Å². The molecule has 0 radical (unpaired) electrons. The van der Waals surface area contributed by atoms with Crippen molar-refractivity contribution in [3.05, 3.63) is 48.5 Å². The van der Waals surface area contributed by atoms with Crippen LogP contribution in [0.3, 0.4) is 0 Å². The van der Waals surface area contributed by atoms with Gasteiger partial charge in [-0.05, 0) is 37.5 Å². The summed E-state index contributed by atoms with van der Waals surface area (Å²) in [6.07, 6.45) is 7.24. The third-order valence-electron chi connectivity index (χ3n) is 4.34. The van der Waals surface area contributed by atoms with E-state index in [9.17, 15) is 9.59 Å². The van der Waals surface area contributed by atoms with E-state index in [1.54, 1.807) is 24.3 Å². The Balaban J connectivity index is 1.86. The van der Waals surface area contributed by atoms with Crippen LogP contribution in [-0.2, 0) is 27.3 Å². The molecule has 0 N–H and O–H groups in total. The number of nitrogens with zero attached hydrogens (tertiary/aromatic N) is 3. The van der Waals surface area contributed by atoms with E-state index in [4.69, 9.17) is 9.47 Å². The summed E-state index contributed by atoms with van der Waals surface area (Å²) < 4.78 is 12.6. The monoisotopic (exact) mass is 387 g/mol. The molecule has 7 nitrogen and oxygen atoms in total. The van der Waals surface area contributed by atoms with Crippen LogP contribution in [0.25, 0.3) is 0 Å². The summed E-state index contributed by atoms with van der Waals surface area (Å²) >= 11 is 0. The zero-order valence-corrected chi connectivity index (χ0v) is 16.7. The molecule has 1 aromatic carbocycles. The van der Waals surface area contributed by atoms with Crippen molar-refractivity contribution in [2.45, 2.75) is 39.7 Å². The minimum atomic E-state index is -0.300. The van der Waals surface area contributed by atoms with Gasteiger partial charge in [0.05, 0.1) is 19.4 Å². The SMILES string of the molecule is CCOC(=O)CCN(CCCn1ccnc1)C(=O)COc1ccc(CC)cc1. The van der Waals surface area contributed by atoms with Crippen molar-refractivity contribution in [3.8, 4) is 5.75 Å². The summed E-state index contributed by atoms with van der Waals surface area (Å²) in [5, 5.41) is 0. The number of esters is 1. The van der Waals surface area contributed by atoms with E-state index in [2.05, 4.69) is 11.9 Å². The highest BCUT2D eigenvalue weighted by atomic mass is 16.5. The Bertz CT molecular complexity index is 714. The average Bonchev–Trinajstić information content (AvgIpc) is 3.22. The molecule has 0 saturated carbocycles. The van der Waals surface area contributed by atoms with Gasteiger partial charge in [-0.15, -0.1) is 0 Å². The van der Waals surface area contributed by atoms with Crippen molar-refractivity contribution in [3.63, 3.8) is 0 Å². The van der Waals surface area contributed by atoms with Gasteiger partial charge in [0.1, 0.15) is 5.75 Å². The fraction of sp³-hybridized carbons (Fsp3) is 0.476. The lowest BCUT2D eigenvalue weighted by Gasteiger charge is -2.22. The lowest BCUT2D eigenvalue weighted by Crippen LogP contribution is -2.37. The van der Waals surface area contributed by atoms with Gasteiger partial charge in [-0.2, -0.15) is 0 Å². The number of carbonyl (C=O) groups excluding carboxylic acids is 2. The first-order chi connectivity index (χ1) is 13.6. The van der Waals surface area contributed by atoms with Gasteiger partial charge in [-0.25, -0.2) is 4.98 Å². The highest BCUT2D eigenvalue weighted by Crippen LogP contribution is 2.13. The van der Waals surface area contributed by atoms with E-state index in [0.717, 1.165) is 19.4 Å². The van der Waals surface area contributed by atoms with E-state index in [-0.39, 0.29) is 24.9 Å². The predicted molar refractivity (Wildman–Crippen MR) is 106 cm³/mol. The Hall–Kier alpha value is -2.83. The molecule has 0 fully saturated rings. The summed E-state index contributed by atoms with van der Waals surface area (Å²) in [7, 11) is 0. The molecule has 2 rings (SSSR count). The maximum Gasteiger partial charge on any atom is 0.307 e. The van der Waals surface area contributed by atoms with Crippen molar-refractivity contribution >= 4 is 11.9 Å². The molecule has 7 heteroatoms. The zero-order chi connectivity index (χ0) is 20.2. The number of carbonyl (C=O) groups is 2. The molecule has 0 atom stereocenters. The minimum absolute atomic E-state index is 0.0562. The van der Waals surface area contributed by atoms with E-state index in [0.29, 0.717) is 25.4 Å². The van der Waals surface area contributed by atoms with Crippen LogP contribution in [0.1, 0.15) is 32.3 Å². The fourth-order valence-electron chi connectivity index (χ4n) is 2.74. The molecule has 0 aliphatic heterocycles. The summed E-state index contributed by atoms with van der Waals surface area (Å²) in [4.78, 5) is 30.0. The van der Waals surface area contributed by atoms with Crippen LogP contribution in [0.15, 0.2) is 43.0 Å². The Kier molecular flexibility index (Phi) is 9.04. The van der Waals surface area contributed by atoms with Crippen LogP contribution in [0.5, 0.6) is 5.75 Å². The number of hydrogen-bond acceptors (Lipinski definition) is 5. The van der Waals surface area contributed by atoms with E-state index in [1.807, 2.05) is 35.0 Å². The first kappa shape index (κ1) is 21.5. The van der Waals surface area contributed by atoms with Crippen molar-refractivity contribution < 1.29 is 19.1 Å². The normalized spacial score (nSPS) is 10.5. The third-order valence-corrected chi connectivity index (χ3v) is 4.34. The van der Waals surface area contributed by atoms with Gasteiger partial charge in [0.15, 0.2) is 6.61 Å². The molecule has 1 heterocycles. The van der Waals surface area contributed by atoms with E-state index in [1.165, 1.54) is 5.56 Å². The van der Waals surface area contributed by atoms with E-state index >= 15 is 0 Å². The van der Waals surface area contributed by atoms with Crippen molar-refractivity contribution in [1.29, 1.82) is 0 Å². The number of aromatic nitrogens is 2. The Morgan fingerprint density at radius 2 is 1.93 bits per heavy atom. The molecule has 2 aromatic rings. The van der Waals surface area contributed by atoms with Crippen molar-refractivity contribution in [1.82, 2.24) is 14.5 Å². The van der Waals surface area contributed by atoms with Gasteiger partial charge in [0.2, 0.25) is 0 Å². The molecule has 152 valence electrons. The topological polar surface area (TPSA) is 73.7 Å². The second kappa shape index (κ2) is 11.8. The van der Waals surface area contributed by atoms with Crippen LogP contribution in [0.4, 0.5) is 0 Å². The van der Waals surface area contributed by atoms with Crippen molar-refractivity contribution in [2.24, 2.45) is 0 Å². The van der Waals surface area contributed by atoms with Crippen LogP contribution < -0.4 is 4.74 Å². The zero-order valence-electron chi connectivity index (χ0n) is 16.7. The maximum absolute atomic E-state index is 12.6. The van der Waals surface area contributed by atoms with Gasteiger partial charge in [-0.3, -0.25) is 9.59 Å². The fourth-order valence-corrected chi connectivity index (χ4v) is 2.74. The number of amides is 1. The Morgan fingerprint density at radius 1 is 1.14 bits per heavy atom. The molecule has 0 aliphatic carbocycles. The number of benzene rings is 1. The first-order valence-corrected chi connectivity index (χ1v) is 9.73. The van der Waals surface area contributed by atoms with Crippen molar-refractivity contribution in [2.75, 3.05) is 26.3 Å². The largest absolute Gasteiger partial charge is 0.484 e. The smallest absolute Gasteiger partial charge is 0.307 e. The maximum atomic E-state index is 12.6. The minimum Gasteiger partial charge on any atom is -0.484 e. The molecule has 1 amide bonds. The predicted octanol–water partition coefficient (Wildman–Crippen LogP) is 2.70. The van der Waals surface area contributed by atoms with Crippen LogP contribution in [0.2, 0.25) is 0 Å². The highest BCUT2D eigenvalue weighted by molar-refractivity contribution is 5.78. The quantitative estimate of drug-likeness (QED) is 0.524. The second-order valence-electron chi connectivity index (χ2n) is 6.38. The van der Waals surface area contributed by atoms with E-state index < -0.39 is 0 Å². The number of ether oxygens (including phenoxy) is 2. The lowest BCUT2D eigenvalue weighted by atomic mass is 10.2. The van der Waals surface area contributed by atoms with Gasteiger partial charge in [-0.1, -0.05) is 19.1 Å². The molecule has 0 aliphatic rings. The molecule has 1 aromatic heterocycles. The number of rotatable bonds is 12. The summed E-state index contributed by atoms with van der Waals surface area (Å²) in [6.45, 7) is 5.74. The first-order valence-electron chi connectivity index (χ1n) is 9.73.